The molecule has 1 aliphatic heterocycles. The third-order valence-electron chi connectivity index (χ3n) is 4.13. The number of rotatable bonds is 3. The average Bonchev–Trinajstić information content (AvgIpc) is 3.12. The lowest BCUT2D eigenvalue weighted by Crippen LogP contribution is -3.06. The van der Waals surface area contributed by atoms with Crippen molar-refractivity contribution in [2.75, 3.05) is 13.6 Å². The maximum atomic E-state index is 4.13. The van der Waals surface area contributed by atoms with Crippen LogP contribution in [-0.2, 0) is 19.5 Å². The Kier molecular flexibility index (Phi) is 2.93. The van der Waals surface area contributed by atoms with Crippen LogP contribution in [0.5, 0.6) is 0 Å². The van der Waals surface area contributed by atoms with Crippen LogP contribution < -0.4 is 4.90 Å². The van der Waals surface area contributed by atoms with Gasteiger partial charge in [-0.05, 0) is 31.0 Å². The van der Waals surface area contributed by atoms with Crippen LogP contribution in [0.3, 0.4) is 0 Å². The SMILES string of the molecule is [CH2-][NH+]1CCc2c(CN(C)C3CC3)cccc2C1. The molecule has 0 aromatic heterocycles. The molecule has 17 heavy (non-hydrogen) atoms. The summed E-state index contributed by atoms with van der Waals surface area (Å²) in [4.78, 5) is 3.91. The first-order valence-corrected chi connectivity index (χ1v) is 6.70. The second kappa shape index (κ2) is 4.43. The number of benzene rings is 1. The van der Waals surface area contributed by atoms with Crippen molar-refractivity contribution in [2.45, 2.75) is 38.4 Å². The van der Waals surface area contributed by atoms with Crippen LogP contribution in [0.2, 0.25) is 0 Å². The molecule has 1 N–H and O–H groups in total. The van der Waals surface area contributed by atoms with E-state index in [1.807, 2.05) is 0 Å². The largest absolute Gasteiger partial charge is 0.464 e. The maximum absolute atomic E-state index is 4.13. The summed E-state index contributed by atoms with van der Waals surface area (Å²) in [5.74, 6) is 0. The fourth-order valence-corrected chi connectivity index (χ4v) is 2.90. The average molecular weight is 230 g/mol. The van der Waals surface area contributed by atoms with Gasteiger partial charge in [-0.3, -0.25) is 4.90 Å². The highest BCUT2D eigenvalue weighted by molar-refractivity contribution is 5.36. The Labute approximate surface area is 104 Å². The van der Waals surface area contributed by atoms with Gasteiger partial charge in [0.15, 0.2) is 0 Å². The van der Waals surface area contributed by atoms with Gasteiger partial charge >= 0.3 is 0 Å². The van der Waals surface area contributed by atoms with Gasteiger partial charge in [-0.1, -0.05) is 18.2 Å². The van der Waals surface area contributed by atoms with Crippen LogP contribution in [-0.4, -0.2) is 24.5 Å². The standard InChI is InChI=1S/C15H22N2/c1-16-9-8-15-12(10-16)4-3-5-13(15)11-17(2)14-6-7-14/h3-5,14,16H,1,6-11H2,2H3. The van der Waals surface area contributed by atoms with Crippen LogP contribution in [0.1, 0.15) is 29.5 Å². The first-order valence-electron chi connectivity index (χ1n) is 6.70. The molecule has 0 saturated heterocycles. The van der Waals surface area contributed by atoms with Gasteiger partial charge < -0.3 is 4.90 Å². The first kappa shape index (κ1) is 11.2. The van der Waals surface area contributed by atoms with Gasteiger partial charge in [0.05, 0.1) is 13.1 Å². The molecule has 92 valence electrons. The van der Waals surface area contributed by atoms with Crippen molar-refractivity contribution in [3.05, 3.63) is 41.9 Å². The van der Waals surface area contributed by atoms with Gasteiger partial charge in [-0.25, -0.2) is 0 Å². The second-order valence-corrected chi connectivity index (χ2v) is 5.63. The van der Waals surface area contributed by atoms with E-state index in [0.717, 1.165) is 19.1 Å². The van der Waals surface area contributed by atoms with Gasteiger partial charge in [0, 0.05) is 24.6 Å². The van der Waals surface area contributed by atoms with E-state index >= 15 is 0 Å². The Bertz CT molecular complexity index is 409. The molecule has 2 nitrogen and oxygen atoms in total. The maximum Gasteiger partial charge on any atom is 0.0790 e. The van der Waals surface area contributed by atoms with Crippen molar-refractivity contribution in [3.8, 4) is 0 Å². The number of nitrogens with one attached hydrogen (secondary N) is 1. The molecule has 0 bridgehead atoms. The molecule has 1 heterocycles. The molecule has 0 spiro atoms. The Morgan fingerprint density at radius 2 is 2.24 bits per heavy atom. The predicted octanol–water partition coefficient (Wildman–Crippen LogP) is 1.01. The molecule has 1 aromatic rings. The fraction of sp³-hybridized carbons (Fsp3) is 0.533. The summed E-state index contributed by atoms with van der Waals surface area (Å²) in [6.07, 6.45) is 3.98. The number of quaternary nitrogens is 1. The lowest BCUT2D eigenvalue weighted by atomic mass is 9.94. The molecule has 1 fully saturated rings. The first-order chi connectivity index (χ1) is 8.24. The van der Waals surface area contributed by atoms with Crippen molar-refractivity contribution in [1.82, 2.24) is 4.90 Å². The molecule has 1 saturated carbocycles. The van der Waals surface area contributed by atoms with E-state index in [1.165, 1.54) is 36.3 Å². The molecule has 2 heteroatoms. The van der Waals surface area contributed by atoms with Crippen LogP contribution in [0.25, 0.3) is 0 Å². The summed E-state index contributed by atoms with van der Waals surface area (Å²) in [6.45, 7) is 3.40. The molecule has 1 atom stereocenters. The molecular weight excluding hydrogens is 208 g/mol. The Hall–Kier alpha value is -0.860. The van der Waals surface area contributed by atoms with Gasteiger partial charge in [0.1, 0.15) is 0 Å². The molecule has 3 rings (SSSR count). The Morgan fingerprint density at radius 1 is 1.41 bits per heavy atom. The number of nitrogens with zero attached hydrogens (tertiary/aromatic N) is 1. The van der Waals surface area contributed by atoms with Crippen molar-refractivity contribution in [1.29, 1.82) is 0 Å². The van der Waals surface area contributed by atoms with Gasteiger partial charge in [-0.15, -0.1) is 0 Å². The summed E-state index contributed by atoms with van der Waals surface area (Å²) in [7, 11) is 6.39. The summed E-state index contributed by atoms with van der Waals surface area (Å²) < 4.78 is 0. The lowest BCUT2D eigenvalue weighted by molar-refractivity contribution is -0.870. The topological polar surface area (TPSA) is 7.68 Å². The van der Waals surface area contributed by atoms with Crippen LogP contribution in [0.15, 0.2) is 18.2 Å². The van der Waals surface area contributed by atoms with E-state index in [9.17, 15) is 0 Å². The molecule has 1 unspecified atom stereocenters. The molecule has 2 aliphatic rings. The summed E-state index contributed by atoms with van der Waals surface area (Å²) in [5.41, 5.74) is 4.67. The molecular formula is C15H22N2. The summed E-state index contributed by atoms with van der Waals surface area (Å²) in [6, 6.07) is 7.66. The van der Waals surface area contributed by atoms with Crippen molar-refractivity contribution in [3.63, 3.8) is 0 Å². The van der Waals surface area contributed by atoms with E-state index in [0.29, 0.717) is 0 Å². The van der Waals surface area contributed by atoms with Crippen LogP contribution in [0.4, 0.5) is 0 Å². The highest BCUT2D eigenvalue weighted by atomic mass is 15.1. The third kappa shape index (κ3) is 2.38. The monoisotopic (exact) mass is 230 g/mol. The van der Waals surface area contributed by atoms with Crippen molar-refractivity contribution >= 4 is 0 Å². The molecule has 0 amide bonds. The van der Waals surface area contributed by atoms with E-state index in [4.69, 9.17) is 0 Å². The minimum atomic E-state index is 0.851. The smallest absolute Gasteiger partial charge is 0.0790 e. The third-order valence-corrected chi connectivity index (χ3v) is 4.13. The zero-order chi connectivity index (χ0) is 11.8. The Balaban J connectivity index is 1.81. The second-order valence-electron chi connectivity index (χ2n) is 5.63. The van der Waals surface area contributed by atoms with E-state index in [2.05, 4.69) is 37.2 Å². The van der Waals surface area contributed by atoms with Crippen LogP contribution in [0, 0.1) is 7.05 Å². The van der Waals surface area contributed by atoms with Gasteiger partial charge in [0.25, 0.3) is 0 Å². The minimum Gasteiger partial charge on any atom is -0.464 e. The highest BCUT2D eigenvalue weighted by Gasteiger charge is 2.27. The molecule has 1 aliphatic carbocycles. The normalized spacial score (nSPS) is 23.8. The number of hydrogen-bond acceptors (Lipinski definition) is 1. The Morgan fingerprint density at radius 3 is 3.00 bits per heavy atom. The van der Waals surface area contributed by atoms with Crippen molar-refractivity contribution < 1.29 is 4.90 Å². The van der Waals surface area contributed by atoms with Crippen molar-refractivity contribution in [2.24, 2.45) is 0 Å². The number of fused-ring (bicyclic) bond motifs is 1. The van der Waals surface area contributed by atoms with E-state index < -0.39 is 0 Å². The number of hydrogen-bond donors (Lipinski definition) is 1. The fourth-order valence-electron chi connectivity index (χ4n) is 2.90. The van der Waals surface area contributed by atoms with Gasteiger partial charge in [-0.2, -0.15) is 7.05 Å². The zero-order valence-corrected chi connectivity index (χ0v) is 10.7. The minimum absolute atomic E-state index is 0.851. The van der Waals surface area contributed by atoms with E-state index in [-0.39, 0.29) is 0 Å². The molecule has 0 radical (unpaired) electrons. The summed E-state index contributed by atoms with van der Waals surface area (Å²) in [5, 5.41) is 0. The zero-order valence-electron chi connectivity index (χ0n) is 10.7. The summed E-state index contributed by atoms with van der Waals surface area (Å²) >= 11 is 0. The lowest BCUT2D eigenvalue weighted by Gasteiger charge is -2.30. The highest BCUT2D eigenvalue weighted by Crippen LogP contribution is 2.28. The predicted molar refractivity (Wildman–Crippen MR) is 69.5 cm³/mol. The van der Waals surface area contributed by atoms with Gasteiger partial charge in [0.2, 0.25) is 0 Å². The quantitative estimate of drug-likeness (QED) is 0.762. The van der Waals surface area contributed by atoms with Crippen LogP contribution >= 0.6 is 0 Å². The van der Waals surface area contributed by atoms with E-state index in [1.54, 1.807) is 11.1 Å². The molecule has 1 aromatic carbocycles.